The maximum Gasteiger partial charge on any atom is 0.0594 e. The zero-order valence-corrected chi connectivity index (χ0v) is 12.4. The van der Waals surface area contributed by atoms with Crippen LogP contribution in [-0.2, 0) is 11.3 Å². The van der Waals surface area contributed by atoms with E-state index in [1.807, 2.05) is 0 Å². The molecule has 0 atom stereocenters. The van der Waals surface area contributed by atoms with Crippen LogP contribution in [0.3, 0.4) is 0 Å². The van der Waals surface area contributed by atoms with E-state index in [2.05, 4.69) is 37.4 Å². The zero-order chi connectivity index (χ0) is 13.5. The normalized spacial score (nSPS) is 16.7. The molecule has 1 aliphatic carbocycles. The first-order valence-corrected chi connectivity index (χ1v) is 7.64. The molecule has 106 valence electrons. The quantitative estimate of drug-likeness (QED) is 0.788. The van der Waals surface area contributed by atoms with E-state index < -0.39 is 0 Å². The van der Waals surface area contributed by atoms with Gasteiger partial charge in [-0.3, -0.25) is 0 Å². The third-order valence-electron chi connectivity index (χ3n) is 4.00. The third kappa shape index (κ3) is 4.96. The fourth-order valence-electron chi connectivity index (χ4n) is 2.80. The fraction of sp³-hybridized carbons (Fsp3) is 0.647. The highest BCUT2D eigenvalue weighted by molar-refractivity contribution is 5.30. The Balaban J connectivity index is 1.61. The van der Waals surface area contributed by atoms with Crippen LogP contribution in [0.1, 0.15) is 48.8 Å². The molecule has 0 bridgehead atoms. The summed E-state index contributed by atoms with van der Waals surface area (Å²) in [6.45, 7) is 7.06. The third-order valence-corrected chi connectivity index (χ3v) is 4.00. The van der Waals surface area contributed by atoms with Crippen molar-refractivity contribution >= 4 is 0 Å². The van der Waals surface area contributed by atoms with Gasteiger partial charge in [-0.1, -0.05) is 43.0 Å². The van der Waals surface area contributed by atoms with Crippen molar-refractivity contribution in [3.8, 4) is 0 Å². The Morgan fingerprint density at radius 3 is 2.68 bits per heavy atom. The molecule has 0 spiro atoms. The Bertz CT molecular complexity index is 383. The molecule has 1 aromatic rings. The smallest absolute Gasteiger partial charge is 0.0594 e. The monoisotopic (exact) mass is 261 g/mol. The maximum absolute atomic E-state index is 5.91. The van der Waals surface area contributed by atoms with Gasteiger partial charge in [-0.25, -0.2) is 0 Å². The van der Waals surface area contributed by atoms with Crippen molar-refractivity contribution in [2.45, 2.75) is 58.6 Å². The minimum atomic E-state index is 0.525. The number of rotatable bonds is 6. The second kappa shape index (κ2) is 7.66. The van der Waals surface area contributed by atoms with Gasteiger partial charge in [0.15, 0.2) is 0 Å². The number of nitrogens with one attached hydrogen (secondary N) is 1. The molecule has 0 aromatic heterocycles. The number of ether oxygens (including phenoxy) is 1. The van der Waals surface area contributed by atoms with Crippen molar-refractivity contribution in [2.75, 3.05) is 13.2 Å². The maximum atomic E-state index is 5.91. The molecular formula is C17H27NO. The standard InChI is InChI=1S/C17H27NO/c1-14-8-9-16(15(2)12-14)13-18-10-11-19-17-6-4-3-5-7-17/h8-9,12,17-18H,3-7,10-11,13H2,1-2H3. The first kappa shape index (κ1) is 14.5. The van der Waals surface area contributed by atoms with E-state index in [0.29, 0.717) is 6.10 Å². The summed E-state index contributed by atoms with van der Waals surface area (Å²) < 4.78 is 5.91. The number of benzene rings is 1. The van der Waals surface area contributed by atoms with Crippen LogP contribution in [0.5, 0.6) is 0 Å². The molecule has 0 heterocycles. The number of hydrogen-bond donors (Lipinski definition) is 1. The summed E-state index contributed by atoms with van der Waals surface area (Å²) in [5, 5.41) is 3.48. The van der Waals surface area contributed by atoms with E-state index in [1.165, 1.54) is 48.8 Å². The van der Waals surface area contributed by atoms with Crippen molar-refractivity contribution in [3.05, 3.63) is 34.9 Å². The Morgan fingerprint density at radius 1 is 1.16 bits per heavy atom. The second-order valence-corrected chi connectivity index (χ2v) is 5.74. The van der Waals surface area contributed by atoms with Crippen molar-refractivity contribution in [2.24, 2.45) is 0 Å². The van der Waals surface area contributed by atoms with Crippen LogP contribution >= 0.6 is 0 Å². The van der Waals surface area contributed by atoms with Crippen LogP contribution < -0.4 is 5.32 Å². The SMILES string of the molecule is Cc1ccc(CNCCOC2CCCCC2)c(C)c1. The lowest BCUT2D eigenvalue weighted by Crippen LogP contribution is -2.24. The van der Waals surface area contributed by atoms with Gasteiger partial charge < -0.3 is 10.1 Å². The predicted octanol–water partition coefficient (Wildman–Crippen LogP) is 3.74. The summed E-state index contributed by atoms with van der Waals surface area (Å²) in [7, 11) is 0. The van der Waals surface area contributed by atoms with Crippen molar-refractivity contribution < 1.29 is 4.74 Å². The largest absolute Gasteiger partial charge is 0.377 e. The molecule has 1 fully saturated rings. The Hall–Kier alpha value is -0.860. The lowest BCUT2D eigenvalue weighted by atomic mass is 9.98. The van der Waals surface area contributed by atoms with Crippen molar-refractivity contribution in [1.29, 1.82) is 0 Å². The minimum Gasteiger partial charge on any atom is -0.377 e. The van der Waals surface area contributed by atoms with E-state index in [-0.39, 0.29) is 0 Å². The summed E-state index contributed by atoms with van der Waals surface area (Å²) in [6, 6.07) is 6.65. The highest BCUT2D eigenvalue weighted by atomic mass is 16.5. The van der Waals surface area contributed by atoms with Crippen LogP contribution in [0.25, 0.3) is 0 Å². The van der Waals surface area contributed by atoms with Crippen molar-refractivity contribution in [3.63, 3.8) is 0 Å². The topological polar surface area (TPSA) is 21.3 Å². The fourth-order valence-corrected chi connectivity index (χ4v) is 2.80. The first-order valence-electron chi connectivity index (χ1n) is 7.64. The highest BCUT2D eigenvalue weighted by Crippen LogP contribution is 2.19. The van der Waals surface area contributed by atoms with E-state index in [4.69, 9.17) is 4.74 Å². The average Bonchev–Trinajstić information content (AvgIpc) is 2.42. The first-order chi connectivity index (χ1) is 9.25. The molecule has 1 N–H and O–H groups in total. The molecular weight excluding hydrogens is 234 g/mol. The molecule has 0 radical (unpaired) electrons. The van der Waals surface area contributed by atoms with E-state index in [9.17, 15) is 0 Å². The van der Waals surface area contributed by atoms with Crippen LogP contribution in [0, 0.1) is 13.8 Å². The Labute approximate surface area is 117 Å². The molecule has 0 amide bonds. The number of hydrogen-bond acceptors (Lipinski definition) is 2. The summed E-state index contributed by atoms with van der Waals surface area (Å²) in [5.41, 5.74) is 4.10. The predicted molar refractivity (Wildman–Crippen MR) is 80.4 cm³/mol. The van der Waals surface area contributed by atoms with Gasteiger partial charge in [0, 0.05) is 13.1 Å². The van der Waals surface area contributed by atoms with Gasteiger partial charge in [0.1, 0.15) is 0 Å². The van der Waals surface area contributed by atoms with Gasteiger partial charge in [0.25, 0.3) is 0 Å². The molecule has 0 aliphatic heterocycles. The molecule has 0 saturated heterocycles. The van der Waals surface area contributed by atoms with Gasteiger partial charge >= 0.3 is 0 Å². The van der Waals surface area contributed by atoms with Crippen LogP contribution in [0.4, 0.5) is 0 Å². The Kier molecular flexibility index (Phi) is 5.87. The summed E-state index contributed by atoms with van der Waals surface area (Å²) in [5.74, 6) is 0. The van der Waals surface area contributed by atoms with Gasteiger partial charge in [-0.15, -0.1) is 0 Å². The lowest BCUT2D eigenvalue weighted by Gasteiger charge is -2.22. The van der Waals surface area contributed by atoms with Crippen molar-refractivity contribution in [1.82, 2.24) is 5.32 Å². The molecule has 2 heteroatoms. The van der Waals surface area contributed by atoms with E-state index in [1.54, 1.807) is 0 Å². The zero-order valence-electron chi connectivity index (χ0n) is 12.4. The van der Waals surface area contributed by atoms with Gasteiger partial charge in [-0.2, -0.15) is 0 Å². The van der Waals surface area contributed by atoms with Gasteiger partial charge in [0.05, 0.1) is 12.7 Å². The van der Waals surface area contributed by atoms with E-state index >= 15 is 0 Å². The summed E-state index contributed by atoms with van der Waals surface area (Å²) in [4.78, 5) is 0. The molecule has 2 nitrogen and oxygen atoms in total. The average molecular weight is 261 g/mol. The minimum absolute atomic E-state index is 0.525. The molecule has 0 unspecified atom stereocenters. The van der Waals surface area contributed by atoms with Crippen LogP contribution in [0.2, 0.25) is 0 Å². The molecule has 1 aromatic carbocycles. The number of aryl methyl sites for hydroxylation is 2. The second-order valence-electron chi connectivity index (χ2n) is 5.74. The molecule has 1 aliphatic rings. The summed E-state index contributed by atoms with van der Waals surface area (Å²) >= 11 is 0. The Morgan fingerprint density at radius 2 is 1.95 bits per heavy atom. The van der Waals surface area contributed by atoms with Gasteiger partial charge in [0.2, 0.25) is 0 Å². The van der Waals surface area contributed by atoms with Gasteiger partial charge in [-0.05, 0) is 37.8 Å². The molecule has 2 rings (SSSR count). The highest BCUT2D eigenvalue weighted by Gasteiger charge is 2.12. The molecule has 19 heavy (non-hydrogen) atoms. The lowest BCUT2D eigenvalue weighted by molar-refractivity contribution is 0.0302. The van der Waals surface area contributed by atoms with Crippen LogP contribution in [-0.4, -0.2) is 19.3 Å². The summed E-state index contributed by atoms with van der Waals surface area (Å²) in [6.07, 6.45) is 7.14. The van der Waals surface area contributed by atoms with Crippen LogP contribution in [0.15, 0.2) is 18.2 Å². The van der Waals surface area contributed by atoms with E-state index in [0.717, 1.165) is 19.7 Å². The molecule has 1 saturated carbocycles.